The number of ether oxygens (including phenoxy) is 1. The number of halogens is 1. The van der Waals surface area contributed by atoms with Gasteiger partial charge < -0.3 is 10.1 Å². The molecule has 0 aliphatic rings. The number of carbonyl (C=O) groups excluding carboxylic acids is 1. The Morgan fingerprint density at radius 2 is 2.07 bits per heavy atom. The normalized spacial score (nSPS) is 10.4. The highest BCUT2D eigenvalue weighted by Crippen LogP contribution is 2.26. The highest BCUT2D eigenvalue weighted by Gasteiger charge is 2.12. The Morgan fingerprint density at radius 3 is 2.70 bits per heavy atom. The maximum Gasteiger partial charge on any atom is 0.271 e. The topological polar surface area (TPSA) is 129 Å². The SMILES string of the molecule is N#CCOc1ccc(/C=C(\C#N)C(=O)Nc2cccc([N+](=O)[O-])c2)cc1Cl. The Morgan fingerprint density at radius 1 is 1.30 bits per heavy atom. The number of benzene rings is 2. The van der Waals surface area contributed by atoms with E-state index in [9.17, 15) is 20.2 Å². The van der Waals surface area contributed by atoms with Gasteiger partial charge in [0.15, 0.2) is 6.61 Å². The number of nitriles is 2. The second-order valence-corrected chi connectivity index (χ2v) is 5.48. The van der Waals surface area contributed by atoms with Crippen molar-refractivity contribution < 1.29 is 14.5 Å². The average molecular weight is 383 g/mol. The molecule has 134 valence electrons. The first kappa shape index (κ1) is 19.4. The van der Waals surface area contributed by atoms with E-state index in [4.69, 9.17) is 21.6 Å². The minimum Gasteiger partial charge on any atom is -0.477 e. The molecule has 1 N–H and O–H groups in total. The smallest absolute Gasteiger partial charge is 0.271 e. The van der Waals surface area contributed by atoms with Gasteiger partial charge in [0.1, 0.15) is 23.5 Å². The molecule has 2 rings (SSSR count). The molecule has 2 aromatic rings. The van der Waals surface area contributed by atoms with Crippen molar-refractivity contribution in [2.45, 2.75) is 0 Å². The van der Waals surface area contributed by atoms with E-state index in [-0.39, 0.29) is 28.6 Å². The van der Waals surface area contributed by atoms with Crippen LogP contribution in [0.3, 0.4) is 0 Å². The Labute approximate surface area is 159 Å². The number of rotatable bonds is 6. The summed E-state index contributed by atoms with van der Waals surface area (Å²) in [5.74, 6) is -0.422. The van der Waals surface area contributed by atoms with Gasteiger partial charge in [-0.3, -0.25) is 14.9 Å². The highest BCUT2D eigenvalue weighted by atomic mass is 35.5. The van der Waals surface area contributed by atoms with Crippen molar-refractivity contribution in [2.75, 3.05) is 11.9 Å². The first-order valence-electron chi connectivity index (χ1n) is 7.41. The summed E-state index contributed by atoms with van der Waals surface area (Å²) >= 11 is 6.04. The molecule has 0 aliphatic heterocycles. The predicted molar refractivity (Wildman–Crippen MR) is 97.9 cm³/mol. The van der Waals surface area contributed by atoms with Crippen LogP contribution in [-0.2, 0) is 4.79 Å². The molecule has 27 heavy (non-hydrogen) atoms. The second kappa shape index (κ2) is 8.99. The van der Waals surface area contributed by atoms with Crippen molar-refractivity contribution in [3.8, 4) is 17.9 Å². The summed E-state index contributed by atoms with van der Waals surface area (Å²) < 4.78 is 5.12. The van der Waals surface area contributed by atoms with E-state index in [0.29, 0.717) is 11.3 Å². The predicted octanol–water partition coefficient (Wildman–Crippen LogP) is 3.70. The standard InChI is InChI=1S/C18H11ClN4O4/c19-16-9-12(4-5-17(16)27-7-6-20)8-13(11-21)18(24)22-14-2-1-3-15(10-14)23(25)26/h1-5,8-10H,7H2,(H,22,24)/b13-8+. The number of nitro benzene ring substituents is 1. The molecule has 0 radical (unpaired) electrons. The third kappa shape index (κ3) is 5.30. The zero-order valence-corrected chi connectivity index (χ0v) is 14.4. The van der Waals surface area contributed by atoms with Gasteiger partial charge in [-0.15, -0.1) is 0 Å². The van der Waals surface area contributed by atoms with E-state index in [0.717, 1.165) is 0 Å². The first-order chi connectivity index (χ1) is 12.9. The molecule has 1 amide bonds. The van der Waals surface area contributed by atoms with Crippen molar-refractivity contribution in [3.63, 3.8) is 0 Å². The van der Waals surface area contributed by atoms with Gasteiger partial charge in [-0.25, -0.2) is 0 Å². The molecule has 8 nitrogen and oxygen atoms in total. The highest BCUT2D eigenvalue weighted by molar-refractivity contribution is 6.32. The van der Waals surface area contributed by atoms with Gasteiger partial charge in [0.25, 0.3) is 11.6 Å². The number of nitrogens with one attached hydrogen (secondary N) is 1. The first-order valence-corrected chi connectivity index (χ1v) is 7.79. The third-order valence-electron chi connectivity index (χ3n) is 3.24. The van der Waals surface area contributed by atoms with Crippen LogP contribution < -0.4 is 10.1 Å². The van der Waals surface area contributed by atoms with Crippen LogP contribution in [-0.4, -0.2) is 17.4 Å². The van der Waals surface area contributed by atoms with Gasteiger partial charge >= 0.3 is 0 Å². The van der Waals surface area contributed by atoms with Gasteiger partial charge in [0.05, 0.1) is 9.95 Å². The zero-order valence-electron chi connectivity index (χ0n) is 13.7. The largest absolute Gasteiger partial charge is 0.477 e. The number of hydrogen-bond acceptors (Lipinski definition) is 6. The van der Waals surface area contributed by atoms with Crippen LogP contribution in [0.4, 0.5) is 11.4 Å². The van der Waals surface area contributed by atoms with Crippen molar-refractivity contribution in [2.24, 2.45) is 0 Å². The lowest BCUT2D eigenvalue weighted by Gasteiger charge is -2.06. The number of hydrogen-bond donors (Lipinski definition) is 1. The second-order valence-electron chi connectivity index (χ2n) is 5.07. The van der Waals surface area contributed by atoms with Crippen LogP contribution in [0.2, 0.25) is 5.02 Å². The maximum absolute atomic E-state index is 12.3. The molecule has 0 spiro atoms. The third-order valence-corrected chi connectivity index (χ3v) is 3.53. The Balaban J connectivity index is 2.20. The number of carbonyl (C=O) groups is 1. The number of amides is 1. The number of anilines is 1. The summed E-state index contributed by atoms with van der Waals surface area (Å²) in [7, 11) is 0. The van der Waals surface area contributed by atoms with Crippen LogP contribution in [0.25, 0.3) is 6.08 Å². The molecule has 0 saturated heterocycles. The van der Waals surface area contributed by atoms with E-state index in [1.54, 1.807) is 12.1 Å². The van der Waals surface area contributed by atoms with Crippen molar-refractivity contribution in [3.05, 3.63) is 68.7 Å². The van der Waals surface area contributed by atoms with Crippen molar-refractivity contribution >= 4 is 35.0 Å². The minimum atomic E-state index is -0.723. The molecule has 0 heterocycles. The Bertz CT molecular complexity index is 1010. The monoisotopic (exact) mass is 382 g/mol. The zero-order chi connectivity index (χ0) is 19.8. The Kier molecular flexibility index (Phi) is 6.48. The van der Waals surface area contributed by atoms with E-state index in [1.807, 2.05) is 6.07 Å². The summed E-state index contributed by atoms with van der Waals surface area (Å²) in [4.78, 5) is 22.5. The van der Waals surface area contributed by atoms with Gasteiger partial charge in [0.2, 0.25) is 0 Å². The summed E-state index contributed by atoms with van der Waals surface area (Å²) in [6.45, 7) is -0.163. The maximum atomic E-state index is 12.3. The molecule has 0 aromatic heterocycles. The molecule has 0 fully saturated rings. The summed E-state index contributed by atoms with van der Waals surface area (Å²) in [5, 5.41) is 31.2. The molecule has 0 atom stereocenters. The lowest BCUT2D eigenvalue weighted by molar-refractivity contribution is -0.384. The summed E-state index contributed by atoms with van der Waals surface area (Å²) in [6, 6.07) is 13.5. The molecule has 0 saturated carbocycles. The van der Waals surface area contributed by atoms with Gasteiger partial charge in [-0.2, -0.15) is 10.5 Å². The van der Waals surface area contributed by atoms with E-state index < -0.39 is 10.8 Å². The average Bonchev–Trinajstić information content (AvgIpc) is 2.65. The number of nitro groups is 1. The summed E-state index contributed by atoms with van der Waals surface area (Å²) in [5.41, 5.74) is 0.252. The van der Waals surface area contributed by atoms with Gasteiger partial charge in [-0.05, 0) is 29.8 Å². The van der Waals surface area contributed by atoms with Crippen molar-refractivity contribution in [1.82, 2.24) is 0 Å². The van der Waals surface area contributed by atoms with E-state index >= 15 is 0 Å². The lowest BCUT2D eigenvalue weighted by atomic mass is 10.1. The quantitative estimate of drug-likeness (QED) is 0.351. The van der Waals surface area contributed by atoms with Crippen LogP contribution >= 0.6 is 11.6 Å². The van der Waals surface area contributed by atoms with E-state index in [2.05, 4.69) is 5.32 Å². The van der Waals surface area contributed by atoms with Crippen LogP contribution in [0, 0.1) is 32.8 Å². The number of nitrogens with zero attached hydrogens (tertiary/aromatic N) is 3. The molecular weight excluding hydrogens is 372 g/mol. The summed E-state index contributed by atoms with van der Waals surface area (Å²) in [6.07, 6.45) is 1.31. The van der Waals surface area contributed by atoms with Crippen LogP contribution in [0.5, 0.6) is 5.75 Å². The van der Waals surface area contributed by atoms with Gasteiger partial charge in [-0.1, -0.05) is 23.7 Å². The van der Waals surface area contributed by atoms with Crippen molar-refractivity contribution in [1.29, 1.82) is 10.5 Å². The molecule has 9 heteroatoms. The number of non-ortho nitro benzene ring substituents is 1. The molecular formula is C18H11ClN4O4. The fraction of sp³-hybridized carbons (Fsp3) is 0.0556. The molecule has 0 unspecified atom stereocenters. The molecule has 0 bridgehead atoms. The lowest BCUT2D eigenvalue weighted by Crippen LogP contribution is -2.13. The van der Waals surface area contributed by atoms with E-state index in [1.165, 1.54) is 42.5 Å². The fourth-order valence-electron chi connectivity index (χ4n) is 2.04. The minimum absolute atomic E-state index is 0.163. The fourth-order valence-corrected chi connectivity index (χ4v) is 2.29. The van der Waals surface area contributed by atoms with Crippen LogP contribution in [0.15, 0.2) is 48.0 Å². The van der Waals surface area contributed by atoms with Gasteiger partial charge in [0, 0.05) is 17.8 Å². The van der Waals surface area contributed by atoms with Crippen LogP contribution in [0.1, 0.15) is 5.56 Å². The molecule has 2 aromatic carbocycles. The molecule has 0 aliphatic carbocycles. The Hall–Kier alpha value is -3.88.